The van der Waals surface area contributed by atoms with Crippen LogP contribution in [0.3, 0.4) is 0 Å². The number of aliphatic hydroxyl groups is 1. The SMILES string of the molecule is COC(C)C(O)c1cc(C)cnc1N. The zero-order valence-corrected chi connectivity index (χ0v) is 8.69. The van der Waals surface area contributed by atoms with Gasteiger partial charge in [-0.15, -0.1) is 0 Å². The van der Waals surface area contributed by atoms with E-state index in [-0.39, 0.29) is 6.10 Å². The smallest absolute Gasteiger partial charge is 0.129 e. The Balaban J connectivity index is 2.99. The highest BCUT2D eigenvalue weighted by Gasteiger charge is 2.18. The molecule has 2 unspecified atom stereocenters. The predicted molar refractivity (Wildman–Crippen MR) is 54.8 cm³/mol. The molecule has 0 aliphatic heterocycles. The van der Waals surface area contributed by atoms with Crippen molar-refractivity contribution in [3.05, 3.63) is 23.4 Å². The molecule has 1 heterocycles. The van der Waals surface area contributed by atoms with Crippen molar-refractivity contribution in [2.45, 2.75) is 26.1 Å². The van der Waals surface area contributed by atoms with Crippen molar-refractivity contribution in [1.29, 1.82) is 0 Å². The molecule has 0 amide bonds. The maximum absolute atomic E-state index is 9.85. The lowest BCUT2D eigenvalue weighted by molar-refractivity contribution is -0.00120. The van der Waals surface area contributed by atoms with E-state index in [0.29, 0.717) is 11.4 Å². The van der Waals surface area contributed by atoms with Crippen LogP contribution in [0.15, 0.2) is 12.3 Å². The molecule has 4 heteroatoms. The van der Waals surface area contributed by atoms with E-state index in [0.717, 1.165) is 5.56 Å². The van der Waals surface area contributed by atoms with E-state index in [1.807, 2.05) is 13.0 Å². The second-order valence-electron chi connectivity index (χ2n) is 3.37. The minimum Gasteiger partial charge on any atom is -0.386 e. The maximum atomic E-state index is 9.85. The van der Waals surface area contributed by atoms with E-state index in [1.54, 1.807) is 20.2 Å². The van der Waals surface area contributed by atoms with Crippen LogP contribution in [0.1, 0.15) is 24.2 Å². The number of aliphatic hydroxyl groups excluding tert-OH is 1. The molecule has 1 aromatic heterocycles. The molecular weight excluding hydrogens is 180 g/mol. The summed E-state index contributed by atoms with van der Waals surface area (Å²) >= 11 is 0. The molecule has 0 aromatic carbocycles. The fraction of sp³-hybridized carbons (Fsp3) is 0.500. The molecule has 1 rings (SSSR count). The van der Waals surface area contributed by atoms with Gasteiger partial charge in [-0.25, -0.2) is 4.98 Å². The number of nitrogens with zero attached hydrogens (tertiary/aromatic N) is 1. The Bertz CT molecular complexity index is 315. The first kappa shape index (κ1) is 10.9. The summed E-state index contributed by atoms with van der Waals surface area (Å²) in [5.74, 6) is 0.354. The maximum Gasteiger partial charge on any atom is 0.129 e. The van der Waals surface area contributed by atoms with Crippen molar-refractivity contribution in [3.8, 4) is 0 Å². The molecule has 1 aromatic rings. The predicted octanol–water partition coefficient (Wildman–Crippen LogP) is 1.04. The van der Waals surface area contributed by atoms with Crippen LogP contribution in [-0.2, 0) is 4.74 Å². The molecule has 0 aliphatic rings. The number of hydrogen-bond donors (Lipinski definition) is 2. The van der Waals surface area contributed by atoms with Crippen LogP contribution in [0.5, 0.6) is 0 Å². The molecule has 0 fully saturated rings. The van der Waals surface area contributed by atoms with Crippen molar-refractivity contribution in [3.63, 3.8) is 0 Å². The zero-order chi connectivity index (χ0) is 10.7. The average Bonchev–Trinajstić information content (AvgIpc) is 2.19. The van der Waals surface area contributed by atoms with Gasteiger partial charge in [0.1, 0.15) is 11.9 Å². The van der Waals surface area contributed by atoms with Crippen LogP contribution in [-0.4, -0.2) is 23.3 Å². The van der Waals surface area contributed by atoms with Crippen LogP contribution < -0.4 is 5.73 Å². The molecule has 3 N–H and O–H groups in total. The molecule has 14 heavy (non-hydrogen) atoms. The van der Waals surface area contributed by atoms with E-state index >= 15 is 0 Å². The van der Waals surface area contributed by atoms with Gasteiger partial charge in [0.15, 0.2) is 0 Å². The van der Waals surface area contributed by atoms with Gasteiger partial charge in [0.25, 0.3) is 0 Å². The van der Waals surface area contributed by atoms with Crippen LogP contribution in [0, 0.1) is 6.92 Å². The summed E-state index contributed by atoms with van der Waals surface area (Å²) in [6, 6.07) is 1.82. The Kier molecular flexibility index (Phi) is 3.43. The average molecular weight is 196 g/mol. The van der Waals surface area contributed by atoms with Crippen molar-refractivity contribution in [1.82, 2.24) is 4.98 Å². The third kappa shape index (κ3) is 2.21. The quantitative estimate of drug-likeness (QED) is 0.758. The number of pyridine rings is 1. The van der Waals surface area contributed by atoms with Crippen LogP contribution in [0.4, 0.5) is 5.82 Å². The normalized spacial score (nSPS) is 15.1. The molecule has 0 radical (unpaired) electrons. The second-order valence-corrected chi connectivity index (χ2v) is 3.37. The number of anilines is 1. The van der Waals surface area contributed by atoms with E-state index in [1.165, 1.54) is 0 Å². The van der Waals surface area contributed by atoms with Gasteiger partial charge in [-0.05, 0) is 25.5 Å². The van der Waals surface area contributed by atoms with E-state index in [9.17, 15) is 5.11 Å². The van der Waals surface area contributed by atoms with E-state index < -0.39 is 6.10 Å². The van der Waals surface area contributed by atoms with Crippen molar-refractivity contribution < 1.29 is 9.84 Å². The van der Waals surface area contributed by atoms with Gasteiger partial charge in [0.2, 0.25) is 0 Å². The summed E-state index contributed by atoms with van der Waals surface area (Å²) < 4.78 is 5.03. The lowest BCUT2D eigenvalue weighted by atomic mass is 10.0. The fourth-order valence-electron chi connectivity index (χ4n) is 1.22. The minimum atomic E-state index is -0.729. The van der Waals surface area contributed by atoms with Crippen LogP contribution in [0.2, 0.25) is 0 Å². The first-order valence-electron chi connectivity index (χ1n) is 4.49. The summed E-state index contributed by atoms with van der Waals surface area (Å²) in [6.45, 7) is 3.69. The number of hydrogen-bond acceptors (Lipinski definition) is 4. The summed E-state index contributed by atoms with van der Waals surface area (Å²) in [5.41, 5.74) is 7.25. The van der Waals surface area contributed by atoms with Crippen LogP contribution in [0.25, 0.3) is 0 Å². The van der Waals surface area contributed by atoms with Gasteiger partial charge in [-0.3, -0.25) is 0 Å². The van der Waals surface area contributed by atoms with Gasteiger partial charge < -0.3 is 15.6 Å². The van der Waals surface area contributed by atoms with Gasteiger partial charge in [0, 0.05) is 18.9 Å². The van der Waals surface area contributed by atoms with Gasteiger partial charge in [0.05, 0.1) is 6.10 Å². The molecular formula is C10H16N2O2. The number of aryl methyl sites for hydroxylation is 1. The Hall–Kier alpha value is -1.13. The second kappa shape index (κ2) is 4.39. The number of rotatable bonds is 3. The highest BCUT2D eigenvalue weighted by atomic mass is 16.5. The largest absolute Gasteiger partial charge is 0.386 e. The van der Waals surface area contributed by atoms with Crippen molar-refractivity contribution >= 4 is 5.82 Å². The van der Waals surface area contributed by atoms with Gasteiger partial charge in [-0.1, -0.05) is 0 Å². The third-order valence-electron chi connectivity index (χ3n) is 2.22. The highest BCUT2D eigenvalue weighted by Crippen LogP contribution is 2.23. The lowest BCUT2D eigenvalue weighted by Gasteiger charge is -2.18. The van der Waals surface area contributed by atoms with Gasteiger partial charge in [-0.2, -0.15) is 0 Å². The Morgan fingerprint density at radius 2 is 2.21 bits per heavy atom. The van der Waals surface area contributed by atoms with Crippen molar-refractivity contribution in [2.24, 2.45) is 0 Å². The monoisotopic (exact) mass is 196 g/mol. The van der Waals surface area contributed by atoms with Crippen LogP contribution >= 0.6 is 0 Å². The van der Waals surface area contributed by atoms with Crippen molar-refractivity contribution in [2.75, 3.05) is 12.8 Å². The number of aromatic nitrogens is 1. The topological polar surface area (TPSA) is 68.4 Å². The molecule has 0 spiro atoms. The van der Waals surface area contributed by atoms with E-state index in [4.69, 9.17) is 10.5 Å². The number of ether oxygens (including phenoxy) is 1. The third-order valence-corrected chi connectivity index (χ3v) is 2.22. The molecule has 78 valence electrons. The number of nitrogens with two attached hydrogens (primary N) is 1. The fourth-order valence-corrected chi connectivity index (χ4v) is 1.22. The summed E-state index contributed by atoms with van der Waals surface area (Å²) in [5, 5.41) is 9.85. The molecule has 0 saturated heterocycles. The molecule has 2 atom stereocenters. The Morgan fingerprint density at radius 1 is 1.57 bits per heavy atom. The molecule has 0 aliphatic carbocycles. The summed E-state index contributed by atoms with van der Waals surface area (Å²) in [4.78, 5) is 3.98. The molecule has 4 nitrogen and oxygen atoms in total. The standard InChI is InChI=1S/C10H16N2O2/c1-6-4-8(10(11)12-5-6)9(13)7(2)14-3/h4-5,7,9,13H,1-3H3,(H2,11,12). The summed E-state index contributed by atoms with van der Waals surface area (Å²) in [6.07, 6.45) is 0.650. The Labute approximate surface area is 83.7 Å². The summed E-state index contributed by atoms with van der Waals surface area (Å²) in [7, 11) is 1.55. The Morgan fingerprint density at radius 3 is 2.79 bits per heavy atom. The molecule has 0 saturated carbocycles. The lowest BCUT2D eigenvalue weighted by Crippen LogP contribution is -2.18. The number of nitrogen functional groups attached to an aromatic ring is 1. The zero-order valence-electron chi connectivity index (χ0n) is 8.69. The van der Waals surface area contributed by atoms with E-state index in [2.05, 4.69) is 4.98 Å². The first-order chi connectivity index (χ1) is 6.56. The number of methoxy groups -OCH3 is 1. The van der Waals surface area contributed by atoms with Gasteiger partial charge >= 0.3 is 0 Å². The minimum absolute atomic E-state index is 0.291. The highest BCUT2D eigenvalue weighted by molar-refractivity contribution is 5.42. The first-order valence-corrected chi connectivity index (χ1v) is 4.49. The molecule has 0 bridgehead atoms.